The third kappa shape index (κ3) is 3.19. The average molecular weight is 347 g/mol. The minimum absolute atomic E-state index is 0. The molecule has 0 saturated heterocycles. The van der Waals surface area contributed by atoms with E-state index in [9.17, 15) is 8.78 Å². The van der Waals surface area contributed by atoms with Crippen LogP contribution in [0.3, 0.4) is 0 Å². The Hall–Kier alpha value is -1.76. The highest BCUT2D eigenvalue weighted by Gasteiger charge is 2.16. The second-order valence-corrected chi connectivity index (χ2v) is 4.56. The molecule has 0 fully saturated rings. The van der Waals surface area contributed by atoms with Gasteiger partial charge in [-0.1, -0.05) is 0 Å². The molecule has 0 aliphatic rings. The Kier molecular flexibility index (Phi) is 5.82. The van der Waals surface area contributed by atoms with Crippen LogP contribution in [0.4, 0.5) is 8.78 Å². The summed E-state index contributed by atoms with van der Waals surface area (Å²) in [7, 11) is 0. The van der Waals surface area contributed by atoms with Gasteiger partial charge in [-0.2, -0.15) is 0 Å². The molecule has 1 aromatic carbocycles. The Morgan fingerprint density at radius 1 is 1.09 bits per heavy atom. The van der Waals surface area contributed by atoms with Crippen molar-refractivity contribution in [2.45, 2.75) is 13.0 Å². The molecule has 22 heavy (non-hydrogen) atoms. The zero-order valence-corrected chi connectivity index (χ0v) is 13.2. The van der Waals surface area contributed by atoms with Crippen LogP contribution in [0.1, 0.15) is 18.8 Å². The summed E-state index contributed by atoms with van der Waals surface area (Å²) in [5.74, 6) is 0.245. The van der Waals surface area contributed by atoms with Gasteiger partial charge < -0.3 is 5.73 Å². The Labute approximate surface area is 138 Å². The molecule has 4 nitrogen and oxygen atoms in total. The van der Waals surface area contributed by atoms with E-state index >= 15 is 0 Å². The lowest BCUT2D eigenvalue weighted by Crippen LogP contribution is -2.13. The maximum Gasteiger partial charge on any atom is 0.141 e. The largest absolute Gasteiger partial charge is 0.322 e. The van der Waals surface area contributed by atoms with Gasteiger partial charge in [0.05, 0.1) is 23.3 Å². The van der Waals surface area contributed by atoms with Crippen molar-refractivity contribution in [3.05, 3.63) is 54.0 Å². The van der Waals surface area contributed by atoms with Gasteiger partial charge in [0.15, 0.2) is 0 Å². The minimum Gasteiger partial charge on any atom is -0.322 e. The maximum atomic E-state index is 13.3. The molecule has 0 aliphatic carbocycles. The first-order valence-corrected chi connectivity index (χ1v) is 6.11. The first kappa shape index (κ1) is 18.3. The Morgan fingerprint density at radius 3 is 2.36 bits per heavy atom. The van der Waals surface area contributed by atoms with Crippen molar-refractivity contribution in [1.82, 2.24) is 14.5 Å². The fraction of sp³-hybridized carbons (Fsp3) is 0.143. The van der Waals surface area contributed by atoms with E-state index in [0.29, 0.717) is 22.7 Å². The number of nitrogens with two attached hydrogens (primary N) is 1. The molecule has 0 amide bonds. The average Bonchev–Trinajstić information content (AvgIpc) is 2.78. The standard InChI is InChI=1S/C14H12F2N4.2ClH/c1-8(17)14-19-11-6-9(15)2-4-12(11)20(14)13-5-3-10(16)7-18-13;;/h2-8H,17H2,1H3;2*1H. The van der Waals surface area contributed by atoms with Crippen LogP contribution in [0.15, 0.2) is 36.5 Å². The van der Waals surface area contributed by atoms with Crippen LogP contribution in [0.25, 0.3) is 16.9 Å². The summed E-state index contributed by atoms with van der Waals surface area (Å²) in [6.07, 6.45) is 1.12. The van der Waals surface area contributed by atoms with Crippen molar-refractivity contribution in [2.24, 2.45) is 5.73 Å². The van der Waals surface area contributed by atoms with Gasteiger partial charge in [-0.3, -0.25) is 4.57 Å². The Morgan fingerprint density at radius 2 is 1.77 bits per heavy atom. The van der Waals surface area contributed by atoms with E-state index in [0.717, 1.165) is 6.20 Å². The molecule has 1 atom stereocenters. The minimum atomic E-state index is -0.424. The zero-order chi connectivity index (χ0) is 14.3. The molecule has 3 rings (SSSR count). The van der Waals surface area contributed by atoms with Crippen LogP contribution in [0.2, 0.25) is 0 Å². The molecule has 0 aliphatic heterocycles. The van der Waals surface area contributed by atoms with E-state index in [4.69, 9.17) is 5.73 Å². The van der Waals surface area contributed by atoms with Gasteiger partial charge >= 0.3 is 0 Å². The number of nitrogens with zero attached hydrogens (tertiary/aromatic N) is 3. The Balaban J connectivity index is 0.00000121. The fourth-order valence-corrected chi connectivity index (χ4v) is 2.12. The third-order valence-corrected chi connectivity index (χ3v) is 2.99. The fourth-order valence-electron chi connectivity index (χ4n) is 2.12. The van der Waals surface area contributed by atoms with Gasteiger partial charge in [0, 0.05) is 6.07 Å². The molecule has 2 N–H and O–H groups in total. The van der Waals surface area contributed by atoms with Gasteiger partial charge in [0.25, 0.3) is 0 Å². The molecule has 0 radical (unpaired) electrons. The summed E-state index contributed by atoms with van der Waals surface area (Å²) < 4.78 is 28.0. The lowest BCUT2D eigenvalue weighted by Gasteiger charge is -2.10. The predicted octanol–water partition coefficient (Wildman–Crippen LogP) is 3.56. The van der Waals surface area contributed by atoms with Crippen molar-refractivity contribution in [2.75, 3.05) is 0 Å². The van der Waals surface area contributed by atoms with Crippen LogP contribution in [-0.4, -0.2) is 14.5 Å². The molecule has 3 aromatic rings. The van der Waals surface area contributed by atoms with E-state index in [1.54, 1.807) is 17.6 Å². The number of aromatic nitrogens is 3. The highest BCUT2D eigenvalue weighted by Crippen LogP contribution is 2.24. The van der Waals surface area contributed by atoms with Crippen molar-refractivity contribution >= 4 is 35.8 Å². The summed E-state index contributed by atoms with van der Waals surface area (Å²) >= 11 is 0. The van der Waals surface area contributed by atoms with Crippen LogP contribution in [0.5, 0.6) is 0 Å². The normalized spacial score (nSPS) is 11.6. The lowest BCUT2D eigenvalue weighted by molar-refractivity contribution is 0.619. The van der Waals surface area contributed by atoms with E-state index in [1.807, 2.05) is 0 Å². The molecule has 0 bridgehead atoms. The van der Waals surface area contributed by atoms with Gasteiger partial charge in [-0.15, -0.1) is 24.8 Å². The monoisotopic (exact) mass is 346 g/mol. The smallest absolute Gasteiger partial charge is 0.141 e. The maximum absolute atomic E-state index is 13.3. The van der Waals surface area contributed by atoms with Gasteiger partial charge in [-0.05, 0) is 31.2 Å². The predicted molar refractivity (Wildman–Crippen MR) is 85.9 cm³/mol. The Bertz CT molecular complexity index is 772. The van der Waals surface area contributed by atoms with Crippen LogP contribution >= 0.6 is 24.8 Å². The van der Waals surface area contributed by atoms with E-state index < -0.39 is 5.82 Å². The molecular formula is C14H14Cl2F2N4. The zero-order valence-electron chi connectivity index (χ0n) is 11.5. The highest BCUT2D eigenvalue weighted by molar-refractivity contribution is 5.85. The van der Waals surface area contributed by atoms with Crippen molar-refractivity contribution in [1.29, 1.82) is 0 Å². The first-order chi connectivity index (χ1) is 9.56. The number of hydrogen-bond donors (Lipinski definition) is 1. The number of imidazole rings is 1. The molecule has 2 aromatic heterocycles. The summed E-state index contributed by atoms with van der Waals surface area (Å²) in [5, 5.41) is 0. The first-order valence-electron chi connectivity index (χ1n) is 6.11. The molecule has 8 heteroatoms. The van der Waals surface area contributed by atoms with Crippen molar-refractivity contribution < 1.29 is 8.78 Å². The molecule has 1 unspecified atom stereocenters. The van der Waals surface area contributed by atoms with Crippen LogP contribution in [0, 0.1) is 11.6 Å². The molecule has 2 heterocycles. The van der Waals surface area contributed by atoms with Gasteiger partial charge in [-0.25, -0.2) is 18.7 Å². The molecule has 118 valence electrons. The van der Waals surface area contributed by atoms with E-state index in [1.165, 1.54) is 24.3 Å². The van der Waals surface area contributed by atoms with Crippen LogP contribution < -0.4 is 5.73 Å². The van der Waals surface area contributed by atoms with E-state index in [2.05, 4.69) is 9.97 Å². The summed E-state index contributed by atoms with van der Waals surface area (Å²) in [6.45, 7) is 1.78. The van der Waals surface area contributed by atoms with Crippen LogP contribution in [-0.2, 0) is 0 Å². The lowest BCUT2D eigenvalue weighted by atomic mass is 10.3. The number of fused-ring (bicyclic) bond motifs is 1. The van der Waals surface area contributed by atoms with Crippen molar-refractivity contribution in [3.63, 3.8) is 0 Å². The number of hydrogen-bond acceptors (Lipinski definition) is 3. The van der Waals surface area contributed by atoms with E-state index in [-0.39, 0.29) is 36.7 Å². The number of benzene rings is 1. The van der Waals surface area contributed by atoms with Gasteiger partial charge in [0.2, 0.25) is 0 Å². The SMILES string of the molecule is CC(N)c1nc2cc(F)ccc2n1-c1ccc(F)cn1.Cl.Cl. The topological polar surface area (TPSA) is 56.7 Å². The summed E-state index contributed by atoms with van der Waals surface area (Å²) in [4.78, 5) is 8.37. The molecule has 0 saturated carbocycles. The molecule has 0 spiro atoms. The highest BCUT2D eigenvalue weighted by atomic mass is 35.5. The van der Waals surface area contributed by atoms with Gasteiger partial charge in [0.1, 0.15) is 23.3 Å². The second-order valence-electron chi connectivity index (χ2n) is 4.56. The second kappa shape index (κ2) is 7.00. The molecular weight excluding hydrogens is 333 g/mol. The summed E-state index contributed by atoms with van der Waals surface area (Å²) in [6, 6.07) is 6.76. The third-order valence-electron chi connectivity index (χ3n) is 2.99. The van der Waals surface area contributed by atoms with Crippen molar-refractivity contribution in [3.8, 4) is 5.82 Å². The number of rotatable bonds is 2. The summed E-state index contributed by atoms with van der Waals surface area (Å²) in [5.41, 5.74) is 7.07. The quantitative estimate of drug-likeness (QED) is 0.771. The number of halogens is 4. The number of pyridine rings is 1.